The highest BCUT2D eigenvalue weighted by Crippen LogP contribution is 2.30. The lowest BCUT2D eigenvalue weighted by Gasteiger charge is -2.48. The maximum absolute atomic E-state index is 10.7. The number of oxime groups is 1. The SMILES string of the molecule is CO/N=C/[C@H]1O[C@@H](N(C[C@H]2O[C@@H](N(C[C@H]3O[C@H](OC)[C@H](O)[C@@H](O)[C@@H]3O)OC)[C@H](O)[C@@H](O)[C@@H]2O)OC)[C@H](O)[C@@H](O)[C@@H]1O. The third-order valence-corrected chi connectivity index (χ3v) is 7.28. The highest BCUT2D eigenvalue weighted by Gasteiger charge is 2.52. The van der Waals surface area contributed by atoms with Gasteiger partial charge in [0, 0.05) is 7.11 Å². The Kier molecular flexibility index (Phi) is 12.5. The quantitative estimate of drug-likeness (QED) is 0.0784. The van der Waals surface area contributed by atoms with E-state index in [2.05, 4.69) is 9.99 Å². The molecule has 19 nitrogen and oxygen atoms in total. The van der Waals surface area contributed by atoms with E-state index in [0.717, 1.165) is 16.3 Å². The minimum Gasteiger partial charge on any atom is -0.399 e. The molecular weight excluding hydrogens is 562 g/mol. The molecule has 0 amide bonds. The number of aliphatic hydroxyl groups excluding tert-OH is 9. The van der Waals surface area contributed by atoms with Crippen molar-refractivity contribution in [3.8, 4) is 0 Å². The molecule has 0 aromatic heterocycles. The van der Waals surface area contributed by atoms with Crippen LogP contribution in [0.2, 0.25) is 0 Å². The van der Waals surface area contributed by atoms with Crippen LogP contribution in [0, 0.1) is 0 Å². The summed E-state index contributed by atoms with van der Waals surface area (Å²) in [5.41, 5.74) is 0. The van der Waals surface area contributed by atoms with E-state index in [1.807, 2.05) is 0 Å². The topological polar surface area (TPSA) is 266 Å². The molecule has 0 aromatic rings. The van der Waals surface area contributed by atoms with Gasteiger partial charge in [-0.25, -0.2) is 0 Å². The first kappa shape index (κ1) is 34.3. The standard InChI is InChI=1S/C22H41N3O16/c1-35-22-19(34)16(31)13(28)10(41-22)7-25(38-4)21-18(33)15(30)12(27)9(40-21)6-24(37-3)20-17(32)14(29)11(26)8(39-20)5-23-36-2/h5,8-22,26-34H,6-7H2,1-4H3/b23-5+/t8-,9-,10-,11-,12-,13-,14+,15+,16+,17-,18-,19-,20-,21-,22+/m1/s1. The number of hydrogen-bond acceptors (Lipinski definition) is 19. The minimum atomic E-state index is -1.79. The maximum atomic E-state index is 10.7. The summed E-state index contributed by atoms with van der Waals surface area (Å²) in [5.74, 6) is 0. The molecule has 3 saturated heterocycles. The van der Waals surface area contributed by atoms with Crippen LogP contribution in [0.4, 0.5) is 0 Å². The van der Waals surface area contributed by atoms with Gasteiger partial charge in [-0.3, -0.25) is 9.68 Å². The summed E-state index contributed by atoms with van der Waals surface area (Å²) >= 11 is 0. The predicted octanol–water partition coefficient (Wildman–Crippen LogP) is -6.59. The third kappa shape index (κ3) is 7.30. The number of ether oxygens (including phenoxy) is 4. The Morgan fingerprint density at radius 3 is 1.54 bits per heavy atom. The summed E-state index contributed by atoms with van der Waals surface area (Å²) < 4.78 is 22.0. The first-order valence-electron chi connectivity index (χ1n) is 12.7. The zero-order valence-electron chi connectivity index (χ0n) is 22.9. The molecule has 3 fully saturated rings. The highest BCUT2D eigenvalue weighted by molar-refractivity contribution is 5.63. The molecule has 0 aromatic carbocycles. The molecule has 9 N–H and O–H groups in total. The van der Waals surface area contributed by atoms with E-state index in [0.29, 0.717) is 0 Å². The van der Waals surface area contributed by atoms with Crippen molar-refractivity contribution < 1.29 is 79.4 Å². The molecule has 3 rings (SSSR count). The van der Waals surface area contributed by atoms with E-state index >= 15 is 0 Å². The van der Waals surface area contributed by atoms with Gasteiger partial charge in [0.2, 0.25) is 0 Å². The normalized spacial score (nSPS) is 46.0. The van der Waals surface area contributed by atoms with Gasteiger partial charge in [-0.1, -0.05) is 5.16 Å². The molecular formula is C22H41N3O16. The van der Waals surface area contributed by atoms with Crippen molar-refractivity contribution in [2.24, 2.45) is 5.16 Å². The van der Waals surface area contributed by atoms with E-state index in [4.69, 9.17) is 28.6 Å². The summed E-state index contributed by atoms with van der Waals surface area (Å²) in [6, 6.07) is 0. The van der Waals surface area contributed by atoms with Crippen LogP contribution in [-0.2, 0) is 33.5 Å². The third-order valence-electron chi connectivity index (χ3n) is 7.28. The van der Waals surface area contributed by atoms with E-state index in [1.54, 1.807) is 0 Å². The zero-order valence-corrected chi connectivity index (χ0v) is 22.9. The lowest BCUT2D eigenvalue weighted by Crippen LogP contribution is -2.68. The van der Waals surface area contributed by atoms with E-state index in [9.17, 15) is 46.0 Å². The Morgan fingerprint density at radius 2 is 1.05 bits per heavy atom. The number of rotatable bonds is 11. The second kappa shape index (κ2) is 15.0. The monoisotopic (exact) mass is 603 g/mol. The summed E-state index contributed by atoms with van der Waals surface area (Å²) in [5, 5.41) is 99.3. The van der Waals surface area contributed by atoms with Gasteiger partial charge >= 0.3 is 0 Å². The summed E-state index contributed by atoms with van der Waals surface area (Å²) in [4.78, 5) is 15.2. The van der Waals surface area contributed by atoms with Crippen molar-refractivity contribution in [3.63, 3.8) is 0 Å². The Morgan fingerprint density at radius 1 is 0.585 bits per heavy atom. The maximum Gasteiger partial charge on any atom is 0.186 e. The molecule has 15 atom stereocenters. The molecule has 3 aliphatic heterocycles. The fourth-order valence-electron chi connectivity index (χ4n) is 4.87. The van der Waals surface area contributed by atoms with E-state index in [-0.39, 0.29) is 6.54 Å². The lowest BCUT2D eigenvalue weighted by molar-refractivity contribution is -0.360. The van der Waals surface area contributed by atoms with Crippen LogP contribution in [-0.4, -0.2) is 196 Å². The second-order valence-electron chi connectivity index (χ2n) is 9.75. The lowest BCUT2D eigenvalue weighted by atomic mass is 9.95. The van der Waals surface area contributed by atoms with Gasteiger partial charge in [0.25, 0.3) is 0 Å². The zero-order chi connectivity index (χ0) is 30.6. The van der Waals surface area contributed by atoms with Crippen molar-refractivity contribution in [1.82, 2.24) is 10.1 Å². The molecule has 0 spiro atoms. The molecule has 0 radical (unpaired) electrons. The number of methoxy groups -OCH3 is 1. The van der Waals surface area contributed by atoms with Crippen molar-refractivity contribution in [2.75, 3.05) is 41.5 Å². The van der Waals surface area contributed by atoms with Crippen LogP contribution < -0.4 is 0 Å². The fraction of sp³-hybridized carbons (Fsp3) is 0.955. The minimum absolute atomic E-state index is 0.373. The van der Waals surface area contributed by atoms with Gasteiger partial charge in [0.15, 0.2) is 18.7 Å². The van der Waals surface area contributed by atoms with Crippen LogP contribution in [0.3, 0.4) is 0 Å². The molecule has 0 aliphatic carbocycles. The summed E-state index contributed by atoms with van der Waals surface area (Å²) in [6.45, 7) is -0.797. The Bertz CT molecular complexity index is 830. The van der Waals surface area contributed by atoms with Gasteiger partial charge in [0.1, 0.15) is 80.4 Å². The number of hydrogen-bond donors (Lipinski definition) is 9. The Balaban J connectivity index is 1.77. The highest BCUT2D eigenvalue weighted by atomic mass is 16.7. The molecule has 19 heteroatoms. The van der Waals surface area contributed by atoms with Gasteiger partial charge in [-0.15, -0.1) is 0 Å². The molecule has 240 valence electrons. The predicted molar refractivity (Wildman–Crippen MR) is 130 cm³/mol. The molecule has 3 heterocycles. The average Bonchev–Trinajstić information content (AvgIpc) is 2.97. The number of aliphatic hydroxyl groups is 9. The van der Waals surface area contributed by atoms with Crippen LogP contribution in [0.5, 0.6) is 0 Å². The van der Waals surface area contributed by atoms with Crippen molar-refractivity contribution >= 4 is 6.21 Å². The molecule has 0 unspecified atom stereocenters. The van der Waals surface area contributed by atoms with Crippen molar-refractivity contribution in [3.05, 3.63) is 0 Å². The van der Waals surface area contributed by atoms with Crippen LogP contribution in [0.1, 0.15) is 0 Å². The van der Waals surface area contributed by atoms with Crippen LogP contribution in [0.15, 0.2) is 5.16 Å². The van der Waals surface area contributed by atoms with Crippen molar-refractivity contribution in [2.45, 2.75) is 92.0 Å². The smallest absolute Gasteiger partial charge is 0.186 e. The largest absolute Gasteiger partial charge is 0.399 e. The average molecular weight is 604 g/mol. The van der Waals surface area contributed by atoms with Crippen molar-refractivity contribution in [1.29, 1.82) is 0 Å². The summed E-state index contributed by atoms with van der Waals surface area (Å²) in [6.07, 6.45) is -22.0. The Hall–Kier alpha value is -1.21. The van der Waals surface area contributed by atoms with Crippen LogP contribution >= 0.6 is 0 Å². The summed E-state index contributed by atoms with van der Waals surface area (Å²) in [7, 11) is 4.86. The number of nitrogens with zero attached hydrogens (tertiary/aromatic N) is 3. The van der Waals surface area contributed by atoms with Gasteiger partial charge < -0.3 is 69.7 Å². The first-order chi connectivity index (χ1) is 19.4. The van der Waals surface area contributed by atoms with Gasteiger partial charge in [-0.2, -0.15) is 10.1 Å². The fourth-order valence-corrected chi connectivity index (χ4v) is 4.87. The van der Waals surface area contributed by atoms with E-state index in [1.165, 1.54) is 28.4 Å². The van der Waals surface area contributed by atoms with Gasteiger partial charge in [-0.05, 0) is 0 Å². The van der Waals surface area contributed by atoms with E-state index < -0.39 is 98.5 Å². The second-order valence-corrected chi connectivity index (χ2v) is 9.75. The Labute approximate surface area is 235 Å². The van der Waals surface area contributed by atoms with Gasteiger partial charge in [0.05, 0.1) is 33.5 Å². The number of hydroxylamine groups is 4. The molecule has 41 heavy (non-hydrogen) atoms. The molecule has 0 bridgehead atoms. The molecule has 0 saturated carbocycles. The molecule has 3 aliphatic rings. The first-order valence-corrected chi connectivity index (χ1v) is 12.7. The van der Waals surface area contributed by atoms with Crippen LogP contribution in [0.25, 0.3) is 0 Å².